The van der Waals surface area contributed by atoms with Crippen molar-refractivity contribution in [3.8, 4) is 17.2 Å². The van der Waals surface area contributed by atoms with Gasteiger partial charge in [-0.1, -0.05) is 13.0 Å². The predicted molar refractivity (Wildman–Crippen MR) is 114 cm³/mol. The summed E-state index contributed by atoms with van der Waals surface area (Å²) in [5.74, 6) is 1.16. The molecular weight excluding hydrogens is 364 g/mol. The number of oxazole rings is 1. The van der Waals surface area contributed by atoms with Crippen LogP contribution in [0.1, 0.15) is 29.3 Å². The third-order valence-electron chi connectivity index (χ3n) is 4.52. The third-order valence-corrected chi connectivity index (χ3v) is 4.52. The summed E-state index contributed by atoms with van der Waals surface area (Å²) in [7, 11) is 0. The number of aromatic nitrogens is 1. The highest BCUT2D eigenvalue weighted by molar-refractivity contribution is 6.04. The third kappa shape index (κ3) is 4.29. The summed E-state index contributed by atoms with van der Waals surface area (Å²) >= 11 is 0. The average Bonchev–Trinajstić information content (AvgIpc) is 3.16. The van der Waals surface area contributed by atoms with Crippen molar-refractivity contribution in [1.82, 2.24) is 4.98 Å². The van der Waals surface area contributed by atoms with Gasteiger partial charge in [0.25, 0.3) is 5.91 Å². The Labute approximate surface area is 169 Å². The van der Waals surface area contributed by atoms with E-state index in [9.17, 15) is 4.79 Å². The van der Waals surface area contributed by atoms with E-state index in [1.54, 1.807) is 12.1 Å². The molecule has 29 heavy (non-hydrogen) atoms. The van der Waals surface area contributed by atoms with Gasteiger partial charge in [-0.15, -0.1) is 0 Å². The van der Waals surface area contributed by atoms with Crippen LogP contribution in [0.4, 0.5) is 5.69 Å². The van der Waals surface area contributed by atoms with Gasteiger partial charge in [-0.25, -0.2) is 4.98 Å². The Balaban J connectivity index is 1.45. The van der Waals surface area contributed by atoms with Crippen LogP contribution in [0.15, 0.2) is 71.1 Å². The number of nitrogens with zero attached hydrogens (tertiary/aromatic N) is 1. The molecule has 3 aromatic carbocycles. The Morgan fingerprint density at radius 3 is 2.52 bits per heavy atom. The first-order valence-corrected chi connectivity index (χ1v) is 9.64. The van der Waals surface area contributed by atoms with Crippen LogP contribution in [0.5, 0.6) is 5.75 Å². The highest BCUT2D eigenvalue weighted by Crippen LogP contribution is 2.26. The van der Waals surface area contributed by atoms with E-state index >= 15 is 0 Å². The lowest BCUT2D eigenvalue weighted by Gasteiger charge is -2.07. The fourth-order valence-electron chi connectivity index (χ4n) is 2.98. The van der Waals surface area contributed by atoms with Crippen LogP contribution in [0.3, 0.4) is 0 Å². The van der Waals surface area contributed by atoms with Gasteiger partial charge in [-0.2, -0.15) is 0 Å². The van der Waals surface area contributed by atoms with Crippen molar-refractivity contribution in [3.05, 3.63) is 77.9 Å². The number of aryl methyl sites for hydroxylation is 1. The molecule has 1 amide bonds. The molecule has 0 aliphatic rings. The molecule has 0 bridgehead atoms. The summed E-state index contributed by atoms with van der Waals surface area (Å²) in [6.45, 7) is 4.74. The molecule has 0 aliphatic heterocycles. The number of benzene rings is 3. The van der Waals surface area contributed by atoms with Crippen molar-refractivity contribution in [2.75, 3.05) is 11.9 Å². The van der Waals surface area contributed by atoms with Crippen LogP contribution in [0.25, 0.3) is 22.6 Å². The first-order chi connectivity index (χ1) is 14.1. The molecule has 0 fully saturated rings. The molecule has 1 aromatic heterocycles. The Bertz CT molecular complexity index is 1130. The standard InChI is InChI=1S/C24H22N2O3/c1-3-14-28-20-11-7-17(8-12-20)23(27)25-19-9-5-18(6-10-19)24-26-21-13-4-16(2)15-22(21)29-24/h4-13,15H,3,14H2,1-2H3,(H,25,27). The van der Waals surface area contributed by atoms with Gasteiger partial charge in [0, 0.05) is 16.8 Å². The second kappa shape index (κ2) is 8.19. The molecule has 5 heteroatoms. The molecule has 0 spiro atoms. The Hall–Kier alpha value is -3.60. The van der Waals surface area contributed by atoms with Gasteiger partial charge in [0.15, 0.2) is 5.58 Å². The largest absolute Gasteiger partial charge is 0.494 e. The summed E-state index contributed by atoms with van der Waals surface area (Å²) in [6, 6.07) is 20.5. The Kier molecular flexibility index (Phi) is 5.29. The highest BCUT2D eigenvalue weighted by atomic mass is 16.5. The molecule has 146 valence electrons. The van der Waals surface area contributed by atoms with Crippen molar-refractivity contribution in [3.63, 3.8) is 0 Å². The van der Waals surface area contributed by atoms with Crippen molar-refractivity contribution in [1.29, 1.82) is 0 Å². The van der Waals surface area contributed by atoms with E-state index in [1.807, 2.05) is 61.5 Å². The first-order valence-electron chi connectivity index (χ1n) is 9.64. The number of ether oxygens (including phenoxy) is 1. The summed E-state index contributed by atoms with van der Waals surface area (Å²) in [4.78, 5) is 17.0. The number of nitrogens with one attached hydrogen (secondary N) is 1. The molecule has 0 saturated carbocycles. The number of hydrogen-bond donors (Lipinski definition) is 1. The average molecular weight is 386 g/mol. The lowest BCUT2D eigenvalue weighted by Crippen LogP contribution is -2.11. The quantitative estimate of drug-likeness (QED) is 0.452. The Morgan fingerprint density at radius 2 is 1.79 bits per heavy atom. The maximum atomic E-state index is 12.5. The van der Waals surface area contributed by atoms with Crippen molar-refractivity contribution < 1.29 is 13.9 Å². The second-order valence-electron chi connectivity index (χ2n) is 6.89. The topological polar surface area (TPSA) is 64.4 Å². The van der Waals surface area contributed by atoms with E-state index in [-0.39, 0.29) is 5.91 Å². The fourth-order valence-corrected chi connectivity index (χ4v) is 2.98. The number of carbonyl (C=O) groups excluding carboxylic acids is 1. The molecule has 5 nitrogen and oxygen atoms in total. The van der Waals surface area contributed by atoms with E-state index in [4.69, 9.17) is 9.15 Å². The number of carbonyl (C=O) groups is 1. The van der Waals surface area contributed by atoms with Crippen molar-refractivity contribution >= 4 is 22.7 Å². The fraction of sp³-hybridized carbons (Fsp3) is 0.167. The van der Waals surface area contributed by atoms with Crippen LogP contribution in [-0.4, -0.2) is 17.5 Å². The van der Waals surface area contributed by atoms with E-state index < -0.39 is 0 Å². The zero-order chi connectivity index (χ0) is 20.2. The number of hydrogen-bond acceptors (Lipinski definition) is 4. The van der Waals surface area contributed by atoms with Gasteiger partial charge < -0.3 is 14.5 Å². The van der Waals surface area contributed by atoms with Crippen LogP contribution < -0.4 is 10.1 Å². The van der Waals surface area contributed by atoms with E-state index in [2.05, 4.69) is 17.2 Å². The lowest BCUT2D eigenvalue weighted by molar-refractivity contribution is 0.102. The minimum absolute atomic E-state index is 0.169. The van der Waals surface area contributed by atoms with Gasteiger partial charge in [-0.05, 0) is 79.6 Å². The monoisotopic (exact) mass is 386 g/mol. The minimum atomic E-state index is -0.169. The minimum Gasteiger partial charge on any atom is -0.494 e. The molecule has 0 unspecified atom stereocenters. The molecule has 1 heterocycles. The van der Waals surface area contributed by atoms with Gasteiger partial charge >= 0.3 is 0 Å². The van der Waals surface area contributed by atoms with Crippen molar-refractivity contribution in [2.45, 2.75) is 20.3 Å². The second-order valence-corrected chi connectivity index (χ2v) is 6.89. The maximum absolute atomic E-state index is 12.5. The van der Waals surface area contributed by atoms with Crippen LogP contribution in [-0.2, 0) is 0 Å². The molecule has 4 aromatic rings. The molecule has 0 aliphatic carbocycles. The summed E-state index contributed by atoms with van der Waals surface area (Å²) in [6.07, 6.45) is 0.946. The number of rotatable bonds is 6. The van der Waals surface area contributed by atoms with Crippen LogP contribution in [0, 0.1) is 6.92 Å². The van der Waals surface area contributed by atoms with Crippen LogP contribution in [0.2, 0.25) is 0 Å². The molecule has 0 atom stereocenters. The molecular formula is C24H22N2O3. The zero-order valence-electron chi connectivity index (χ0n) is 16.4. The number of fused-ring (bicyclic) bond motifs is 1. The van der Waals surface area contributed by atoms with Gasteiger partial charge in [0.1, 0.15) is 11.3 Å². The van der Waals surface area contributed by atoms with Crippen LogP contribution >= 0.6 is 0 Å². The highest BCUT2D eigenvalue weighted by Gasteiger charge is 2.10. The normalized spacial score (nSPS) is 10.8. The summed E-state index contributed by atoms with van der Waals surface area (Å²) in [5, 5.41) is 2.90. The molecule has 1 N–H and O–H groups in total. The Morgan fingerprint density at radius 1 is 1.03 bits per heavy atom. The van der Waals surface area contributed by atoms with Crippen molar-refractivity contribution in [2.24, 2.45) is 0 Å². The van der Waals surface area contributed by atoms with E-state index in [1.165, 1.54) is 0 Å². The molecule has 0 radical (unpaired) electrons. The number of amides is 1. The predicted octanol–water partition coefficient (Wildman–Crippen LogP) is 5.84. The summed E-state index contributed by atoms with van der Waals surface area (Å²) < 4.78 is 11.4. The lowest BCUT2D eigenvalue weighted by atomic mass is 10.1. The van der Waals surface area contributed by atoms with Gasteiger partial charge in [0.05, 0.1) is 6.61 Å². The van der Waals surface area contributed by atoms with E-state index in [0.717, 1.165) is 34.4 Å². The smallest absolute Gasteiger partial charge is 0.255 e. The van der Waals surface area contributed by atoms with Gasteiger partial charge in [-0.3, -0.25) is 4.79 Å². The maximum Gasteiger partial charge on any atom is 0.255 e. The zero-order valence-corrected chi connectivity index (χ0v) is 16.4. The first kappa shape index (κ1) is 18.7. The van der Waals surface area contributed by atoms with Gasteiger partial charge in [0.2, 0.25) is 5.89 Å². The van der Waals surface area contributed by atoms with E-state index in [0.29, 0.717) is 23.7 Å². The number of anilines is 1. The SMILES string of the molecule is CCCOc1ccc(C(=O)Nc2ccc(-c3nc4ccc(C)cc4o3)cc2)cc1. The molecule has 0 saturated heterocycles. The molecule has 4 rings (SSSR count). The summed E-state index contributed by atoms with van der Waals surface area (Å²) in [5.41, 5.74) is 4.86.